The Balaban J connectivity index is 2.22. The van der Waals surface area contributed by atoms with Gasteiger partial charge in [0, 0.05) is 23.1 Å². The van der Waals surface area contributed by atoms with Crippen LogP contribution >= 0.6 is 11.6 Å². The molecule has 0 saturated carbocycles. The molecule has 0 N–H and O–H groups in total. The van der Waals surface area contributed by atoms with E-state index in [1.54, 1.807) is 12.1 Å². The fourth-order valence-electron chi connectivity index (χ4n) is 1.54. The highest BCUT2D eigenvalue weighted by molar-refractivity contribution is 6.31. The van der Waals surface area contributed by atoms with Gasteiger partial charge in [0.1, 0.15) is 0 Å². The quantitative estimate of drug-likeness (QED) is 0.614. The molecule has 4 nitrogen and oxygen atoms in total. The molecule has 1 aromatic carbocycles. The standard InChI is InChI=1S/C12H11ClO4/c1-7(12(14)15-2)3-8-4-10-11(5-9(8)13)17-6-16-10/h4-5H,1,3,6H2,2H3. The maximum atomic E-state index is 11.2. The summed E-state index contributed by atoms with van der Waals surface area (Å²) >= 11 is 6.07. The van der Waals surface area contributed by atoms with Crippen LogP contribution in [0.3, 0.4) is 0 Å². The number of rotatable bonds is 3. The minimum Gasteiger partial charge on any atom is -0.466 e. The van der Waals surface area contributed by atoms with Gasteiger partial charge in [-0.1, -0.05) is 18.2 Å². The van der Waals surface area contributed by atoms with Gasteiger partial charge < -0.3 is 14.2 Å². The predicted molar refractivity (Wildman–Crippen MR) is 62.4 cm³/mol. The Labute approximate surface area is 104 Å². The molecule has 1 heterocycles. The van der Waals surface area contributed by atoms with Crippen molar-refractivity contribution in [2.45, 2.75) is 6.42 Å². The number of ether oxygens (including phenoxy) is 3. The van der Waals surface area contributed by atoms with Crippen molar-refractivity contribution in [3.8, 4) is 11.5 Å². The number of hydrogen-bond acceptors (Lipinski definition) is 4. The third-order valence-electron chi connectivity index (χ3n) is 2.42. The Morgan fingerprint density at radius 1 is 1.47 bits per heavy atom. The van der Waals surface area contributed by atoms with Crippen molar-refractivity contribution >= 4 is 17.6 Å². The monoisotopic (exact) mass is 254 g/mol. The summed E-state index contributed by atoms with van der Waals surface area (Å²) in [6, 6.07) is 3.42. The van der Waals surface area contributed by atoms with Crippen molar-refractivity contribution < 1.29 is 19.0 Å². The first-order valence-electron chi connectivity index (χ1n) is 4.96. The lowest BCUT2D eigenvalue weighted by Crippen LogP contribution is -2.06. The van der Waals surface area contributed by atoms with Gasteiger partial charge >= 0.3 is 5.97 Å². The molecule has 0 spiro atoms. The van der Waals surface area contributed by atoms with Crippen LogP contribution in [0.2, 0.25) is 5.02 Å². The van der Waals surface area contributed by atoms with Gasteiger partial charge in [-0.15, -0.1) is 0 Å². The molecule has 5 heteroatoms. The van der Waals surface area contributed by atoms with Gasteiger partial charge in [-0.2, -0.15) is 0 Å². The van der Waals surface area contributed by atoms with E-state index in [1.165, 1.54) is 7.11 Å². The number of halogens is 1. The summed E-state index contributed by atoms with van der Waals surface area (Å²) in [6.45, 7) is 3.84. The van der Waals surface area contributed by atoms with Crippen LogP contribution in [0, 0.1) is 0 Å². The summed E-state index contributed by atoms with van der Waals surface area (Å²) in [5.74, 6) is 0.795. The highest BCUT2D eigenvalue weighted by Crippen LogP contribution is 2.37. The second kappa shape index (κ2) is 4.67. The van der Waals surface area contributed by atoms with Crippen LogP contribution in [-0.2, 0) is 16.0 Å². The van der Waals surface area contributed by atoms with E-state index in [2.05, 4.69) is 11.3 Å². The number of methoxy groups -OCH3 is 1. The van der Waals surface area contributed by atoms with Gasteiger partial charge in [-0.3, -0.25) is 0 Å². The molecule has 1 aliphatic heterocycles. The van der Waals surface area contributed by atoms with Crippen molar-refractivity contribution in [2.75, 3.05) is 13.9 Å². The van der Waals surface area contributed by atoms with Crippen LogP contribution in [-0.4, -0.2) is 19.9 Å². The van der Waals surface area contributed by atoms with Gasteiger partial charge in [0.2, 0.25) is 6.79 Å². The fraction of sp³-hybridized carbons (Fsp3) is 0.250. The summed E-state index contributed by atoms with van der Waals surface area (Å²) in [5.41, 5.74) is 1.10. The molecule has 0 radical (unpaired) electrons. The molecule has 1 aliphatic rings. The summed E-state index contributed by atoms with van der Waals surface area (Å²) in [7, 11) is 1.31. The molecule has 0 bridgehead atoms. The number of benzene rings is 1. The Morgan fingerprint density at radius 2 is 2.12 bits per heavy atom. The number of fused-ring (bicyclic) bond motifs is 1. The molecule has 0 unspecified atom stereocenters. The van der Waals surface area contributed by atoms with Crippen molar-refractivity contribution in [3.05, 3.63) is 34.9 Å². The SMILES string of the molecule is C=C(Cc1cc2c(cc1Cl)OCO2)C(=O)OC. The van der Waals surface area contributed by atoms with Crippen LogP contribution in [0.5, 0.6) is 11.5 Å². The van der Waals surface area contributed by atoms with Crippen LogP contribution in [0.4, 0.5) is 0 Å². The molecule has 2 rings (SSSR count). The maximum absolute atomic E-state index is 11.2. The van der Waals surface area contributed by atoms with E-state index < -0.39 is 5.97 Å². The molecule has 0 aliphatic carbocycles. The normalized spacial score (nSPS) is 12.4. The zero-order chi connectivity index (χ0) is 12.4. The second-order valence-electron chi connectivity index (χ2n) is 3.57. The molecular weight excluding hydrogens is 244 g/mol. The van der Waals surface area contributed by atoms with Crippen LogP contribution in [0.25, 0.3) is 0 Å². The third kappa shape index (κ3) is 2.36. The van der Waals surface area contributed by atoms with E-state index in [0.29, 0.717) is 28.5 Å². The average molecular weight is 255 g/mol. The Morgan fingerprint density at radius 3 is 2.76 bits per heavy atom. The lowest BCUT2D eigenvalue weighted by Gasteiger charge is -2.07. The number of carbonyl (C=O) groups is 1. The van der Waals surface area contributed by atoms with E-state index in [0.717, 1.165) is 5.56 Å². The summed E-state index contributed by atoms with van der Waals surface area (Å²) < 4.78 is 15.0. The van der Waals surface area contributed by atoms with E-state index in [4.69, 9.17) is 21.1 Å². The smallest absolute Gasteiger partial charge is 0.333 e. The Kier molecular flexibility index (Phi) is 3.24. The molecule has 0 amide bonds. The first-order valence-corrected chi connectivity index (χ1v) is 5.33. The van der Waals surface area contributed by atoms with Gasteiger partial charge in [0.25, 0.3) is 0 Å². The molecule has 0 atom stereocenters. The highest BCUT2D eigenvalue weighted by atomic mass is 35.5. The first-order chi connectivity index (χ1) is 8.11. The Hall–Kier alpha value is -1.68. The Bertz CT molecular complexity index is 482. The third-order valence-corrected chi connectivity index (χ3v) is 2.77. The van der Waals surface area contributed by atoms with E-state index in [-0.39, 0.29) is 6.79 Å². The number of esters is 1. The maximum Gasteiger partial charge on any atom is 0.333 e. The minimum absolute atomic E-state index is 0.188. The highest BCUT2D eigenvalue weighted by Gasteiger charge is 2.18. The molecule has 90 valence electrons. The molecule has 0 saturated heterocycles. The molecule has 17 heavy (non-hydrogen) atoms. The fourth-order valence-corrected chi connectivity index (χ4v) is 1.76. The van der Waals surface area contributed by atoms with Crippen molar-refractivity contribution in [1.29, 1.82) is 0 Å². The second-order valence-corrected chi connectivity index (χ2v) is 3.98. The lowest BCUT2D eigenvalue weighted by atomic mass is 10.1. The van der Waals surface area contributed by atoms with Gasteiger partial charge in [0.15, 0.2) is 11.5 Å². The van der Waals surface area contributed by atoms with Crippen LogP contribution in [0.1, 0.15) is 5.56 Å². The minimum atomic E-state index is -0.446. The van der Waals surface area contributed by atoms with Crippen LogP contribution in [0.15, 0.2) is 24.3 Å². The average Bonchev–Trinajstić information content (AvgIpc) is 2.75. The zero-order valence-corrected chi connectivity index (χ0v) is 10.0. The molecule has 0 aromatic heterocycles. The number of carbonyl (C=O) groups excluding carboxylic acids is 1. The van der Waals surface area contributed by atoms with Gasteiger partial charge in [-0.25, -0.2) is 4.79 Å². The van der Waals surface area contributed by atoms with E-state index in [1.807, 2.05) is 0 Å². The van der Waals surface area contributed by atoms with Gasteiger partial charge in [0.05, 0.1) is 7.11 Å². The molecule has 1 aromatic rings. The topological polar surface area (TPSA) is 44.8 Å². The largest absolute Gasteiger partial charge is 0.466 e. The lowest BCUT2D eigenvalue weighted by molar-refractivity contribution is -0.136. The van der Waals surface area contributed by atoms with Gasteiger partial charge in [-0.05, 0) is 11.6 Å². The van der Waals surface area contributed by atoms with Crippen molar-refractivity contribution in [2.24, 2.45) is 0 Å². The van der Waals surface area contributed by atoms with Crippen molar-refractivity contribution in [3.63, 3.8) is 0 Å². The summed E-state index contributed by atoms with van der Waals surface area (Å²) in [5, 5.41) is 0.513. The summed E-state index contributed by atoms with van der Waals surface area (Å²) in [6.07, 6.45) is 0.322. The number of hydrogen-bond donors (Lipinski definition) is 0. The van der Waals surface area contributed by atoms with Crippen molar-refractivity contribution in [1.82, 2.24) is 0 Å². The van der Waals surface area contributed by atoms with E-state index >= 15 is 0 Å². The zero-order valence-electron chi connectivity index (χ0n) is 9.29. The molecular formula is C12H11ClO4. The van der Waals surface area contributed by atoms with Crippen LogP contribution < -0.4 is 9.47 Å². The predicted octanol–water partition coefficient (Wildman–Crippen LogP) is 2.34. The first kappa shape index (κ1) is 11.8. The van der Waals surface area contributed by atoms with E-state index in [9.17, 15) is 4.79 Å². The summed E-state index contributed by atoms with van der Waals surface area (Å²) in [4.78, 5) is 11.2. The molecule has 0 fully saturated rings.